The summed E-state index contributed by atoms with van der Waals surface area (Å²) in [6.07, 6.45) is 0.801. The number of benzene rings is 1. The summed E-state index contributed by atoms with van der Waals surface area (Å²) < 4.78 is 48.2. The molecular weight excluding hydrogens is 533 g/mol. The van der Waals surface area contributed by atoms with E-state index in [0.717, 1.165) is 38.9 Å². The summed E-state index contributed by atoms with van der Waals surface area (Å²) in [5.41, 5.74) is -0.184. The number of ether oxygens (including phenoxy) is 2. The number of fused-ring (bicyclic) bond motifs is 1. The molecule has 1 saturated heterocycles. The Hall–Kier alpha value is -3.75. The van der Waals surface area contributed by atoms with Crippen molar-refractivity contribution in [1.82, 2.24) is 30.6 Å². The van der Waals surface area contributed by atoms with E-state index in [1.807, 2.05) is 0 Å². The van der Waals surface area contributed by atoms with Crippen LogP contribution < -0.4 is 15.4 Å². The second-order valence-electron chi connectivity index (χ2n) is 10.2. The maximum atomic E-state index is 12.8. The van der Waals surface area contributed by atoms with Crippen LogP contribution in [0.3, 0.4) is 0 Å². The van der Waals surface area contributed by atoms with E-state index in [9.17, 15) is 22.8 Å². The molecule has 1 aliphatic carbocycles. The molecule has 2 unspecified atom stereocenters. The number of nitrogens with zero attached hydrogens (tertiary/aromatic N) is 6. The number of amides is 2. The van der Waals surface area contributed by atoms with Gasteiger partial charge in [0.25, 0.3) is 11.8 Å². The predicted octanol–water partition coefficient (Wildman–Crippen LogP) is 2.62. The molecule has 2 amide bonds. The lowest BCUT2D eigenvalue weighted by molar-refractivity contribution is -0.274. The van der Waals surface area contributed by atoms with E-state index in [0.29, 0.717) is 37.5 Å². The molecule has 2 fully saturated rings. The summed E-state index contributed by atoms with van der Waals surface area (Å²) in [6.45, 7) is 3.29. The molecule has 1 aromatic carbocycles. The largest absolute Gasteiger partial charge is 0.573 e. The van der Waals surface area contributed by atoms with Gasteiger partial charge in [0.1, 0.15) is 5.75 Å². The summed E-state index contributed by atoms with van der Waals surface area (Å²) in [4.78, 5) is 25.1. The molecule has 12 nitrogen and oxygen atoms in total. The molecule has 5 rings (SSSR count). The fourth-order valence-electron chi connectivity index (χ4n) is 4.91. The average Bonchev–Trinajstić information content (AvgIpc) is 3.29. The normalized spacial score (nSPS) is 22.2. The molecule has 216 valence electrons. The summed E-state index contributed by atoms with van der Waals surface area (Å²) in [6, 6.07) is 5.33. The number of hydrogen-bond acceptors (Lipinski definition) is 9. The Morgan fingerprint density at radius 2 is 1.95 bits per heavy atom. The predicted molar refractivity (Wildman–Crippen MR) is 133 cm³/mol. The van der Waals surface area contributed by atoms with E-state index in [-0.39, 0.29) is 35.8 Å². The third-order valence-corrected chi connectivity index (χ3v) is 7.26. The maximum Gasteiger partial charge on any atom is 0.573 e. The molecule has 3 aliphatic rings. The van der Waals surface area contributed by atoms with Gasteiger partial charge in [-0.3, -0.25) is 19.3 Å². The minimum Gasteiger partial charge on any atom is -0.406 e. The Bertz CT molecular complexity index is 1230. The number of carbonyl (C=O) groups excluding carboxylic acids is 2. The van der Waals surface area contributed by atoms with Crippen molar-refractivity contribution in [2.75, 3.05) is 26.3 Å². The third kappa shape index (κ3) is 6.87. The topological polar surface area (TPSA) is 135 Å². The van der Waals surface area contributed by atoms with Gasteiger partial charge in [0, 0.05) is 45.8 Å². The van der Waals surface area contributed by atoms with Crippen LogP contribution in [0, 0.1) is 5.92 Å². The zero-order valence-corrected chi connectivity index (χ0v) is 21.8. The molecule has 2 aromatic rings. The molecule has 0 bridgehead atoms. The molecule has 15 heteroatoms. The minimum atomic E-state index is -4.78. The van der Waals surface area contributed by atoms with Crippen LogP contribution in [0.5, 0.6) is 5.75 Å². The van der Waals surface area contributed by atoms with Crippen LogP contribution in [0.2, 0.25) is 0 Å². The maximum absolute atomic E-state index is 12.8. The molecule has 2 aliphatic heterocycles. The Kier molecular flexibility index (Phi) is 8.19. The molecule has 40 heavy (non-hydrogen) atoms. The second-order valence-corrected chi connectivity index (χ2v) is 10.2. The van der Waals surface area contributed by atoms with E-state index in [2.05, 4.69) is 36.0 Å². The lowest BCUT2D eigenvalue weighted by atomic mass is 10.0. The summed E-state index contributed by atoms with van der Waals surface area (Å²) in [5, 5.41) is 23.8. The van der Waals surface area contributed by atoms with Crippen LogP contribution >= 0.6 is 0 Å². The molecular formula is C25H31F3N8O4. The van der Waals surface area contributed by atoms with Gasteiger partial charge >= 0.3 is 6.36 Å². The van der Waals surface area contributed by atoms with Crippen molar-refractivity contribution in [2.45, 2.75) is 63.1 Å². The number of carbonyl (C=O) groups is 2. The number of rotatable bonds is 12. The van der Waals surface area contributed by atoms with Crippen LogP contribution in [0.15, 0.2) is 40.8 Å². The van der Waals surface area contributed by atoms with Crippen molar-refractivity contribution < 1.29 is 32.2 Å². The first-order chi connectivity index (χ1) is 19.2. The fraction of sp³-hybridized carbons (Fsp3) is 0.600. The molecule has 1 saturated carbocycles. The van der Waals surface area contributed by atoms with Gasteiger partial charge in [0.15, 0.2) is 11.2 Å². The van der Waals surface area contributed by atoms with Crippen molar-refractivity contribution in [3.63, 3.8) is 0 Å². The van der Waals surface area contributed by atoms with Crippen molar-refractivity contribution in [2.24, 2.45) is 16.3 Å². The first-order valence-corrected chi connectivity index (χ1v) is 13.3. The van der Waals surface area contributed by atoms with Gasteiger partial charge in [-0.25, -0.2) is 0 Å². The van der Waals surface area contributed by atoms with Crippen molar-refractivity contribution in [3.8, 4) is 5.75 Å². The number of unbranched alkanes of at least 4 members (excludes halogenated alkanes) is 1. The highest BCUT2D eigenvalue weighted by Gasteiger charge is 2.67. The van der Waals surface area contributed by atoms with Crippen LogP contribution in [0.25, 0.3) is 0 Å². The summed E-state index contributed by atoms with van der Waals surface area (Å²) in [7, 11) is 0. The van der Waals surface area contributed by atoms with Crippen LogP contribution in [0.4, 0.5) is 13.2 Å². The molecule has 0 spiro atoms. The highest BCUT2D eigenvalue weighted by molar-refractivity contribution is 5.92. The summed E-state index contributed by atoms with van der Waals surface area (Å²) >= 11 is 0. The molecule has 2 N–H and O–H groups in total. The standard InChI is InChI=1S/C25H31F3N8O4/c26-25(27,28)40-19-5-3-4-18(12-19)15-30-23(38)24-13-21(24)36(34-32-24)9-2-1-8-35-16-20(31-33-35)22(37)29-14-17-6-10-39-11-7-17/h3-5,12,16-17,21H,1-2,6-11,13-15H2,(H,29,37)(H,30,38). The molecule has 2 atom stereocenters. The van der Waals surface area contributed by atoms with Gasteiger partial charge in [-0.05, 0) is 49.3 Å². The number of hydrogen-bond donors (Lipinski definition) is 2. The Morgan fingerprint density at radius 1 is 1.15 bits per heavy atom. The van der Waals surface area contributed by atoms with Gasteiger partial charge in [-0.2, -0.15) is 5.11 Å². The second kappa shape index (κ2) is 11.8. The van der Waals surface area contributed by atoms with Crippen molar-refractivity contribution in [1.29, 1.82) is 0 Å². The van der Waals surface area contributed by atoms with Crippen LogP contribution in [-0.2, 0) is 22.6 Å². The smallest absolute Gasteiger partial charge is 0.406 e. The molecule has 0 radical (unpaired) electrons. The van der Waals surface area contributed by atoms with E-state index in [4.69, 9.17) is 4.74 Å². The van der Waals surface area contributed by atoms with E-state index in [1.165, 1.54) is 18.2 Å². The monoisotopic (exact) mass is 564 g/mol. The Morgan fingerprint density at radius 3 is 2.73 bits per heavy atom. The Balaban J connectivity index is 0.998. The first kappa shape index (κ1) is 27.8. The number of halogens is 3. The van der Waals surface area contributed by atoms with Gasteiger partial charge in [-0.1, -0.05) is 22.6 Å². The number of aromatic nitrogens is 3. The zero-order valence-electron chi connectivity index (χ0n) is 21.8. The third-order valence-electron chi connectivity index (χ3n) is 7.26. The van der Waals surface area contributed by atoms with Gasteiger partial charge in [0.05, 0.1) is 12.2 Å². The number of nitrogens with one attached hydrogen (secondary N) is 2. The minimum absolute atomic E-state index is 0.0470. The van der Waals surface area contributed by atoms with E-state index >= 15 is 0 Å². The van der Waals surface area contributed by atoms with Crippen LogP contribution in [-0.4, -0.2) is 76.1 Å². The SMILES string of the molecule is O=C(NCC1CCOCC1)c1cn(CCCCN2N=NC3(C(=O)NCc4cccc(OC(F)(F)F)c4)CC23)nn1. The molecule has 1 aromatic heterocycles. The molecule has 3 heterocycles. The van der Waals surface area contributed by atoms with Crippen molar-refractivity contribution in [3.05, 3.63) is 41.7 Å². The first-order valence-electron chi connectivity index (χ1n) is 13.3. The summed E-state index contributed by atoms with van der Waals surface area (Å²) in [5.74, 6) is -0.466. The fourth-order valence-corrected chi connectivity index (χ4v) is 4.91. The van der Waals surface area contributed by atoms with E-state index < -0.39 is 11.9 Å². The highest BCUT2D eigenvalue weighted by Crippen LogP contribution is 2.49. The van der Waals surface area contributed by atoms with Crippen LogP contribution in [0.1, 0.15) is 48.2 Å². The lowest BCUT2D eigenvalue weighted by Crippen LogP contribution is -2.37. The Labute approximate surface area is 228 Å². The van der Waals surface area contributed by atoms with Gasteiger partial charge in [0.2, 0.25) is 0 Å². The average molecular weight is 565 g/mol. The number of alkyl halides is 3. The zero-order chi connectivity index (χ0) is 28.2. The van der Waals surface area contributed by atoms with Crippen molar-refractivity contribution >= 4 is 11.8 Å². The quantitative estimate of drug-likeness (QED) is 0.379. The number of aryl methyl sites for hydroxylation is 1. The van der Waals surface area contributed by atoms with Gasteiger partial charge in [-0.15, -0.1) is 18.3 Å². The van der Waals surface area contributed by atoms with E-state index in [1.54, 1.807) is 22.0 Å². The lowest BCUT2D eigenvalue weighted by Gasteiger charge is -2.21. The van der Waals surface area contributed by atoms with Gasteiger partial charge < -0.3 is 20.1 Å². The highest BCUT2D eigenvalue weighted by atomic mass is 19.4.